The molecule has 0 fully saturated rings. The van der Waals surface area contributed by atoms with Crippen LogP contribution in [-0.2, 0) is 0 Å². The molecule has 1 rings (SSSR count). The number of aryl methyl sites for hydroxylation is 1. The van der Waals surface area contributed by atoms with Crippen LogP contribution in [0.2, 0.25) is 0 Å². The van der Waals surface area contributed by atoms with Crippen molar-refractivity contribution in [2.75, 3.05) is 30.9 Å². The molecule has 4 nitrogen and oxygen atoms in total. The Hall–Kier alpha value is -1.32. The van der Waals surface area contributed by atoms with Gasteiger partial charge in [-0.05, 0) is 12.3 Å². The topological polar surface area (TPSA) is 41.1 Å². The largest absolute Gasteiger partial charge is 0.359 e. The second kappa shape index (κ2) is 4.68. The molecule has 90 valence electrons. The van der Waals surface area contributed by atoms with Crippen LogP contribution in [0.5, 0.6) is 0 Å². The van der Waals surface area contributed by atoms with Crippen LogP contribution in [0, 0.1) is 12.3 Å². The highest BCUT2D eigenvalue weighted by Crippen LogP contribution is 2.19. The highest BCUT2D eigenvalue weighted by Gasteiger charge is 2.15. The average molecular weight is 222 g/mol. The molecule has 0 saturated carbocycles. The summed E-state index contributed by atoms with van der Waals surface area (Å²) in [6, 6.07) is 2.01. The zero-order chi connectivity index (χ0) is 12.3. The van der Waals surface area contributed by atoms with Crippen molar-refractivity contribution in [3.63, 3.8) is 0 Å². The standard InChI is InChI=1S/C12H22N4/c1-9-7-10(15-11(13-5)14-9)16(6)8-12(2,3)4/h7H,8H2,1-6H3,(H,13,14,15). The minimum Gasteiger partial charge on any atom is -0.359 e. The highest BCUT2D eigenvalue weighted by molar-refractivity contribution is 5.43. The second-order valence-corrected chi connectivity index (χ2v) is 5.36. The minimum absolute atomic E-state index is 0.257. The van der Waals surface area contributed by atoms with Gasteiger partial charge in [-0.3, -0.25) is 0 Å². The zero-order valence-electron chi connectivity index (χ0n) is 11.1. The first-order valence-electron chi connectivity index (χ1n) is 5.56. The van der Waals surface area contributed by atoms with Gasteiger partial charge >= 0.3 is 0 Å². The summed E-state index contributed by atoms with van der Waals surface area (Å²) in [6.45, 7) is 9.60. The van der Waals surface area contributed by atoms with Crippen molar-refractivity contribution in [3.05, 3.63) is 11.8 Å². The number of anilines is 2. The lowest BCUT2D eigenvalue weighted by atomic mass is 9.96. The van der Waals surface area contributed by atoms with Crippen LogP contribution in [0.15, 0.2) is 6.07 Å². The van der Waals surface area contributed by atoms with Gasteiger partial charge in [0, 0.05) is 32.4 Å². The van der Waals surface area contributed by atoms with Gasteiger partial charge in [-0.2, -0.15) is 4.98 Å². The Morgan fingerprint density at radius 3 is 2.44 bits per heavy atom. The third kappa shape index (κ3) is 3.68. The van der Waals surface area contributed by atoms with E-state index >= 15 is 0 Å². The van der Waals surface area contributed by atoms with Gasteiger partial charge in [0.2, 0.25) is 5.95 Å². The van der Waals surface area contributed by atoms with Gasteiger partial charge in [0.05, 0.1) is 0 Å². The highest BCUT2D eigenvalue weighted by atomic mass is 15.2. The fourth-order valence-electron chi connectivity index (χ4n) is 1.65. The van der Waals surface area contributed by atoms with Crippen LogP contribution in [0.1, 0.15) is 26.5 Å². The SMILES string of the molecule is CNc1nc(C)cc(N(C)CC(C)(C)C)n1. The molecular weight excluding hydrogens is 200 g/mol. The lowest BCUT2D eigenvalue weighted by Crippen LogP contribution is -2.30. The predicted molar refractivity (Wildman–Crippen MR) is 69.0 cm³/mol. The molecule has 0 spiro atoms. The molecule has 0 bridgehead atoms. The van der Waals surface area contributed by atoms with Crippen LogP contribution in [0.3, 0.4) is 0 Å². The number of hydrogen-bond acceptors (Lipinski definition) is 4. The zero-order valence-corrected chi connectivity index (χ0v) is 11.1. The Bertz CT molecular complexity index is 355. The fourth-order valence-corrected chi connectivity index (χ4v) is 1.65. The Morgan fingerprint density at radius 2 is 1.94 bits per heavy atom. The first-order chi connectivity index (χ1) is 7.31. The molecule has 16 heavy (non-hydrogen) atoms. The van der Waals surface area contributed by atoms with Gasteiger partial charge in [-0.1, -0.05) is 20.8 Å². The van der Waals surface area contributed by atoms with Crippen LogP contribution >= 0.6 is 0 Å². The van der Waals surface area contributed by atoms with Crippen molar-refractivity contribution < 1.29 is 0 Å². The molecular formula is C12H22N4. The van der Waals surface area contributed by atoms with E-state index in [1.165, 1.54) is 0 Å². The van der Waals surface area contributed by atoms with Crippen molar-refractivity contribution in [1.82, 2.24) is 9.97 Å². The van der Waals surface area contributed by atoms with Crippen molar-refractivity contribution in [1.29, 1.82) is 0 Å². The smallest absolute Gasteiger partial charge is 0.224 e. The van der Waals surface area contributed by atoms with Crippen LogP contribution in [0.25, 0.3) is 0 Å². The molecule has 0 saturated heterocycles. The maximum atomic E-state index is 4.44. The van der Waals surface area contributed by atoms with Crippen molar-refractivity contribution in [2.45, 2.75) is 27.7 Å². The van der Waals surface area contributed by atoms with E-state index in [1.54, 1.807) is 0 Å². The molecule has 4 heteroatoms. The number of nitrogens with zero attached hydrogens (tertiary/aromatic N) is 3. The quantitative estimate of drug-likeness (QED) is 0.852. The van der Waals surface area contributed by atoms with E-state index in [-0.39, 0.29) is 5.41 Å². The summed E-state index contributed by atoms with van der Waals surface area (Å²) in [5.41, 5.74) is 1.24. The number of aromatic nitrogens is 2. The van der Waals surface area contributed by atoms with Crippen molar-refractivity contribution in [3.8, 4) is 0 Å². The molecule has 0 atom stereocenters. The van der Waals surface area contributed by atoms with E-state index in [4.69, 9.17) is 0 Å². The monoisotopic (exact) mass is 222 g/mol. The summed E-state index contributed by atoms with van der Waals surface area (Å²) >= 11 is 0. The molecule has 0 unspecified atom stereocenters. The summed E-state index contributed by atoms with van der Waals surface area (Å²) in [5.74, 6) is 1.64. The van der Waals surface area contributed by atoms with E-state index in [9.17, 15) is 0 Å². The summed E-state index contributed by atoms with van der Waals surface area (Å²) < 4.78 is 0. The Balaban J connectivity index is 2.90. The van der Waals surface area contributed by atoms with Crippen LogP contribution < -0.4 is 10.2 Å². The Labute approximate surface area is 98.1 Å². The molecule has 0 aliphatic rings. The summed E-state index contributed by atoms with van der Waals surface area (Å²) in [7, 11) is 3.90. The molecule has 1 aromatic heterocycles. The minimum atomic E-state index is 0.257. The third-order valence-electron chi connectivity index (χ3n) is 2.17. The molecule has 0 aromatic carbocycles. The normalized spacial score (nSPS) is 11.4. The second-order valence-electron chi connectivity index (χ2n) is 5.36. The van der Waals surface area contributed by atoms with Crippen LogP contribution in [-0.4, -0.2) is 30.6 Å². The van der Waals surface area contributed by atoms with Gasteiger partial charge in [-0.15, -0.1) is 0 Å². The first kappa shape index (κ1) is 12.7. The Morgan fingerprint density at radius 1 is 1.31 bits per heavy atom. The molecule has 0 radical (unpaired) electrons. The van der Waals surface area contributed by atoms with E-state index in [2.05, 4.69) is 48.0 Å². The van der Waals surface area contributed by atoms with E-state index < -0.39 is 0 Å². The maximum absolute atomic E-state index is 4.44. The molecule has 0 aliphatic carbocycles. The number of nitrogens with one attached hydrogen (secondary N) is 1. The van der Waals surface area contributed by atoms with E-state index in [1.807, 2.05) is 20.0 Å². The summed E-state index contributed by atoms with van der Waals surface area (Å²) in [4.78, 5) is 10.9. The first-order valence-corrected chi connectivity index (χ1v) is 5.56. The third-order valence-corrected chi connectivity index (χ3v) is 2.17. The molecule has 0 aliphatic heterocycles. The molecule has 1 heterocycles. The number of hydrogen-bond donors (Lipinski definition) is 1. The van der Waals surface area contributed by atoms with Gasteiger partial charge in [-0.25, -0.2) is 4.98 Å². The van der Waals surface area contributed by atoms with Gasteiger partial charge < -0.3 is 10.2 Å². The lowest BCUT2D eigenvalue weighted by molar-refractivity contribution is 0.417. The summed E-state index contributed by atoms with van der Waals surface area (Å²) in [5, 5.41) is 2.98. The Kier molecular flexibility index (Phi) is 3.73. The molecule has 1 N–H and O–H groups in total. The number of rotatable bonds is 3. The summed E-state index contributed by atoms with van der Waals surface area (Å²) in [6.07, 6.45) is 0. The average Bonchev–Trinajstić information content (AvgIpc) is 2.14. The lowest BCUT2D eigenvalue weighted by Gasteiger charge is -2.27. The van der Waals surface area contributed by atoms with Crippen molar-refractivity contribution in [2.24, 2.45) is 5.41 Å². The predicted octanol–water partition coefficient (Wildman–Crippen LogP) is 2.31. The van der Waals surface area contributed by atoms with Gasteiger partial charge in [0.1, 0.15) is 5.82 Å². The van der Waals surface area contributed by atoms with Gasteiger partial charge in [0.15, 0.2) is 0 Å². The van der Waals surface area contributed by atoms with Gasteiger partial charge in [0.25, 0.3) is 0 Å². The van der Waals surface area contributed by atoms with Crippen LogP contribution in [0.4, 0.5) is 11.8 Å². The van der Waals surface area contributed by atoms with Crippen molar-refractivity contribution >= 4 is 11.8 Å². The van der Waals surface area contributed by atoms with E-state index in [0.29, 0.717) is 5.95 Å². The fraction of sp³-hybridized carbons (Fsp3) is 0.667. The van der Waals surface area contributed by atoms with E-state index in [0.717, 1.165) is 18.1 Å². The molecule has 0 amide bonds. The molecule has 1 aromatic rings. The maximum Gasteiger partial charge on any atom is 0.224 e.